The second-order valence-electron chi connectivity index (χ2n) is 6.20. The first-order valence-corrected chi connectivity index (χ1v) is 9.45. The summed E-state index contributed by atoms with van der Waals surface area (Å²) in [5, 5.41) is 3.09. The molecule has 0 radical (unpaired) electrons. The number of carbonyl (C=O) groups is 1. The van der Waals surface area contributed by atoms with E-state index >= 15 is 0 Å². The van der Waals surface area contributed by atoms with Gasteiger partial charge in [0.15, 0.2) is 16.8 Å². The van der Waals surface area contributed by atoms with Gasteiger partial charge in [0.25, 0.3) is 0 Å². The number of nitrogens with zero attached hydrogens (tertiary/aromatic N) is 2. The van der Waals surface area contributed by atoms with Crippen molar-refractivity contribution in [2.45, 2.75) is 0 Å². The molecular formula is C21H14F3N3OS. The molecule has 0 aliphatic rings. The van der Waals surface area contributed by atoms with Crippen molar-refractivity contribution in [1.82, 2.24) is 4.98 Å². The fraction of sp³-hybridized carbons (Fsp3) is 0.0476. The number of anilines is 3. The highest BCUT2D eigenvalue weighted by Crippen LogP contribution is 2.33. The summed E-state index contributed by atoms with van der Waals surface area (Å²) in [6, 6.07) is 16.3. The van der Waals surface area contributed by atoms with Crippen LogP contribution in [0.3, 0.4) is 0 Å². The molecule has 0 fully saturated rings. The minimum absolute atomic E-state index is 0.136. The van der Waals surface area contributed by atoms with E-state index in [2.05, 4.69) is 10.3 Å². The molecule has 0 bridgehead atoms. The van der Waals surface area contributed by atoms with Crippen LogP contribution >= 0.6 is 11.3 Å². The molecule has 0 atom stereocenters. The van der Waals surface area contributed by atoms with Crippen LogP contribution in [0.4, 0.5) is 29.7 Å². The largest absolute Gasteiger partial charge is 0.324 e. The van der Waals surface area contributed by atoms with Crippen LogP contribution in [-0.2, 0) is 4.79 Å². The smallest absolute Gasteiger partial charge is 0.244 e. The number of benzene rings is 3. The summed E-state index contributed by atoms with van der Waals surface area (Å²) in [4.78, 5) is 18.8. The first-order chi connectivity index (χ1) is 14.0. The molecular weight excluding hydrogens is 399 g/mol. The summed E-state index contributed by atoms with van der Waals surface area (Å²) in [5.74, 6) is -2.90. The van der Waals surface area contributed by atoms with Gasteiger partial charge in [-0.3, -0.25) is 4.79 Å². The molecule has 1 N–H and O–H groups in total. The fourth-order valence-corrected chi connectivity index (χ4v) is 3.77. The van der Waals surface area contributed by atoms with Crippen LogP contribution in [0.25, 0.3) is 10.2 Å². The number of hydrogen-bond acceptors (Lipinski definition) is 4. The SMILES string of the molecule is O=C(CN(c1ccc(F)cc1)c1nc2ccccc2s1)Nc1ccc(F)c(F)c1. The van der Waals surface area contributed by atoms with Gasteiger partial charge in [0.2, 0.25) is 5.91 Å². The first-order valence-electron chi connectivity index (χ1n) is 8.63. The number of thiazole rings is 1. The Morgan fingerprint density at radius 2 is 1.72 bits per heavy atom. The molecule has 146 valence electrons. The number of aromatic nitrogens is 1. The zero-order chi connectivity index (χ0) is 20.4. The number of halogens is 3. The van der Waals surface area contributed by atoms with E-state index in [1.807, 2.05) is 24.3 Å². The molecule has 0 saturated heterocycles. The van der Waals surface area contributed by atoms with Crippen LogP contribution in [0, 0.1) is 17.5 Å². The number of carbonyl (C=O) groups excluding carboxylic acids is 1. The highest BCUT2D eigenvalue weighted by Gasteiger charge is 2.18. The van der Waals surface area contributed by atoms with Gasteiger partial charge in [-0.2, -0.15) is 0 Å². The Hall–Kier alpha value is -3.39. The molecule has 4 aromatic rings. The number of nitrogens with one attached hydrogen (secondary N) is 1. The second-order valence-corrected chi connectivity index (χ2v) is 7.21. The maximum absolute atomic E-state index is 13.4. The monoisotopic (exact) mass is 413 g/mol. The average Bonchev–Trinajstić information content (AvgIpc) is 3.14. The summed E-state index contributed by atoms with van der Waals surface area (Å²) in [6.07, 6.45) is 0. The van der Waals surface area contributed by atoms with E-state index in [1.165, 1.54) is 29.5 Å². The molecule has 4 rings (SSSR count). The lowest BCUT2D eigenvalue weighted by atomic mass is 10.2. The lowest BCUT2D eigenvalue weighted by Crippen LogP contribution is -2.29. The van der Waals surface area contributed by atoms with Gasteiger partial charge in [0, 0.05) is 17.4 Å². The van der Waals surface area contributed by atoms with Crippen LogP contribution in [0.15, 0.2) is 66.7 Å². The van der Waals surface area contributed by atoms with Gasteiger partial charge >= 0.3 is 0 Å². The standard InChI is InChI=1S/C21H14F3N3OS/c22-13-5-8-15(9-6-13)27(21-26-18-3-1-2-4-19(18)29-21)12-20(28)25-14-7-10-16(23)17(24)11-14/h1-11H,12H2,(H,25,28). The number of fused-ring (bicyclic) bond motifs is 1. The predicted octanol–water partition coefficient (Wildman–Crippen LogP) is 5.49. The lowest BCUT2D eigenvalue weighted by molar-refractivity contribution is -0.114. The van der Waals surface area contributed by atoms with E-state index in [9.17, 15) is 18.0 Å². The molecule has 3 aromatic carbocycles. The molecule has 0 aliphatic heterocycles. The number of para-hydroxylation sites is 1. The van der Waals surface area contributed by atoms with Crippen molar-refractivity contribution in [3.8, 4) is 0 Å². The Morgan fingerprint density at radius 3 is 2.45 bits per heavy atom. The van der Waals surface area contributed by atoms with Crippen molar-refractivity contribution in [3.05, 3.63) is 84.2 Å². The van der Waals surface area contributed by atoms with E-state index in [0.29, 0.717) is 10.8 Å². The summed E-state index contributed by atoms with van der Waals surface area (Å²) in [5.41, 5.74) is 1.49. The van der Waals surface area contributed by atoms with Crippen molar-refractivity contribution >= 4 is 44.0 Å². The average molecular weight is 413 g/mol. The zero-order valence-electron chi connectivity index (χ0n) is 14.9. The van der Waals surface area contributed by atoms with Gasteiger partial charge in [0.1, 0.15) is 12.4 Å². The molecule has 0 aliphatic carbocycles. The molecule has 1 aromatic heterocycles. The Balaban J connectivity index is 1.63. The van der Waals surface area contributed by atoms with Crippen molar-refractivity contribution in [2.75, 3.05) is 16.8 Å². The summed E-state index contributed by atoms with van der Waals surface area (Å²) >= 11 is 1.39. The maximum Gasteiger partial charge on any atom is 0.244 e. The van der Waals surface area contributed by atoms with E-state index in [4.69, 9.17) is 0 Å². The predicted molar refractivity (Wildman–Crippen MR) is 108 cm³/mol. The first kappa shape index (κ1) is 18.9. The Morgan fingerprint density at radius 1 is 0.966 bits per heavy atom. The molecule has 0 spiro atoms. The van der Waals surface area contributed by atoms with E-state index < -0.39 is 23.4 Å². The molecule has 4 nitrogen and oxygen atoms in total. The highest BCUT2D eigenvalue weighted by atomic mass is 32.1. The number of rotatable bonds is 5. The molecule has 8 heteroatoms. The van der Waals surface area contributed by atoms with Crippen molar-refractivity contribution in [3.63, 3.8) is 0 Å². The van der Waals surface area contributed by atoms with Crippen LogP contribution in [0.1, 0.15) is 0 Å². The Labute approximate surface area is 168 Å². The second kappa shape index (κ2) is 7.92. The number of hydrogen-bond donors (Lipinski definition) is 1. The summed E-state index contributed by atoms with van der Waals surface area (Å²) < 4.78 is 40.8. The van der Waals surface area contributed by atoms with Gasteiger partial charge in [-0.15, -0.1) is 0 Å². The fourth-order valence-electron chi connectivity index (χ4n) is 2.78. The molecule has 0 unspecified atom stereocenters. The quantitative estimate of drug-likeness (QED) is 0.471. The minimum Gasteiger partial charge on any atom is -0.324 e. The Bertz CT molecular complexity index is 1140. The Kier molecular flexibility index (Phi) is 5.18. The summed E-state index contributed by atoms with van der Waals surface area (Å²) in [6.45, 7) is -0.148. The highest BCUT2D eigenvalue weighted by molar-refractivity contribution is 7.22. The normalized spacial score (nSPS) is 10.9. The van der Waals surface area contributed by atoms with Crippen LogP contribution in [-0.4, -0.2) is 17.4 Å². The van der Waals surface area contributed by atoms with Crippen LogP contribution in [0.5, 0.6) is 0 Å². The van der Waals surface area contributed by atoms with Crippen molar-refractivity contribution in [1.29, 1.82) is 0 Å². The molecule has 1 heterocycles. The van der Waals surface area contributed by atoms with Gasteiger partial charge in [-0.25, -0.2) is 18.2 Å². The minimum atomic E-state index is -1.05. The third-order valence-electron chi connectivity index (χ3n) is 4.16. The third kappa shape index (κ3) is 4.22. The maximum atomic E-state index is 13.4. The van der Waals surface area contributed by atoms with Gasteiger partial charge < -0.3 is 10.2 Å². The van der Waals surface area contributed by atoms with Gasteiger partial charge in [0.05, 0.1) is 10.2 Å². The van der Waals surface area contributed by atoms with Crippen LogP contribution < -0.4 is 10.2 Å². The van der Waals surface area contributed by atoms with Gasteiger partial charge in [-0.1, -0.05) is 23.5 Å². The van der Waals surface area contributed by atoms with E-state index in [-0.39, 0.29) is 12.2 Å². The lowest BCUT2D eigenvalue weighted by Gasteiger charge is -2.21. The third-order valence-corrected chi connectivity index (χ3v) is 5.22. The summed E-state index contributed by atoms with van der Waals surface area (Å²) in [7, 11) is 0. The topological polar surface area (TPSA) is 45.2 Å². The van der Waals surface area contributed by atoms with Crippen LogP contribution in [0.2, 0.25) is 0 Å². The van der Waals surface area contributed by atoms with Gasteiger partial charge in [-0.05, 0) is 48.5 Å². The number of amides is 1. The van der Waals surface area contributed by atoms with Crippen molar-refractivity contribution in [2.24, 2.45) is 0 Å². The van der Waals surface area contributed by atoms with E-state index in [0.717, 1.165) is 22.3 Å². The zero-order valence-corrected chi connectivity index (χ0v) is 15.7. The van der Waals surface area contributed by atoms with Crippen molar-refractivity contribution < 1.29 is 18.0 Å². The molecule has 0 saturated carbocycles. The molecule has 29 heavy (non-hydrogen) atoms. The van der Waals surface area contributed by atoms with E-state index in [1.54, 1.807) is 17.0 Å². The molecule has 1 amide bonds.